The third-order valence-electron chi connectivity index (χ3n) is 4.47. The van der Waals surface area contributed by atoms with Crippen LogP contribution in [-0.4, -0.2) is 41.3 Å². The number of para-hydroxylation sites is 1. The van der Waals surface area contributed by atoms with Crippen molar-refractivity contribution >= 4 is 29.9 Å². The van der Waals surface area contributed by atoms with Gasteiger partial charge in [0, 0.05) is 33.4 Å². The summed E-state index contributed by atoms with van der Waals surface area (Å²) in [4.78, 5) is 6.53. The highest BCUT2D eigenvalue weighted by Crippen LogP contribution is 2.08. The minimum Gasteiger partial charge on any atom is -0.356 e. The van der Waals surface area contributed by atoms with Gasteiger partial charge in [0.2, 0.25) is 0 Å². The van der Waals surface area contributed by atoms with Crippen LogP contribution in [-0.2, 0) is 13.0 Å². The first kappa shape index (κ1) is 21.9. The van der Waals surface area contributed by atoms with Crippen molar-refractivity contribution in [2.24, 2.45) is 4.99 Å². The molecule has 0 aliphatic heterocycles. The van der Waals surface area contributed by atoms with E-state index in [1.54, 1.807) is 0 Å². The summed E-state index contributed by atoms with van der Waals surface area (Å²) in [7, 11) is 3.88. The highest BCUT2D eigenvalue weighted by molar-refractivity contribution is 14.0. The van der Waals surface area contributed by atoms with E-state index in [-0.39, 0.29) is 24.0 Å². The number of halogens is 1. The maximum atomic E-state index is 4.45. The van der Waals surface area contributed by atoms with E-state index in [9.17, 15) is 0 Å². The molecule has 148 valence electrons. The monoisotopic (exact) mass is 489 g/mol. The largest absolute Gasteiger partial charge is 0.356 e. The van der Waals surface area contributed by atoms with E-state index in [0.29, 0.717) is 0 Å². The molecule has 1 aromatic heterocycles. The second-order valence-corrected chi connectivity index (χ2v) is 6.69. The van der Waals surface area contributed by atoms with Crippen LogP contribution in [0.25, 0.3) is 5.69 Å². The highest BCUT2D eigenvalue weighted by atomic mass is 127. The number of aryl methyl sites for hydroxylation is 1. The third-order valence-corrected chi connectivity index (χ3v) is 4.47. The molecule has 0 atom stereocenters. The molecule has 0 unspecified atom stereocenters. The Morgan fingerprint density at radius 2 is 1.79 bits per heavy atom. The zero-order valence-electron chi connectivity index (χ0n) is 16.7. The summed E-state index contributed by atoms with van der Waals surface area (Å²) < 4.78 is 1.91. The van der Waals surface area contributed by atoms with Crippen LogP contribution in [0, 0.1) is 6.92 Å². The van der Waals surface area contributed by atoms with Crippen molar-refractivity contribution in [1.29, 1.82) is 0 Å². The summed E-state index contributed by atoms with van der Waals surface area (Å²) in [5, 5.41) is 7.89. The van der Waals surface area contributed by atoms with E-state index in [2.05, 4.69) is 76.9 Å². The molecule has 0 bridgehead atoms. The van der Waals surface area contributed by atoms with Crippen molar-refractivity contribution in [2.45, 2.75) is 19.9 Å². The number of guanidine groups is 1. The summed E-state index contributed by atoms with van der Waals surface area (Å²) in [6.45, 7) is 3.74. The van der Waals surface area contributed by atoms with Gasteiger partial charge in [-0.1, -0.05) is 48.0 Å². The van der Waals surface area contributed by atoms with Gasteiger partial charge < -0.3 is 10.2 Å². The van der Waals surface area contributed by atoms with Gasteiger partial charge in [-0.05, 0) is 36.6 Å². The van der Waals surface area contributed by atoms with Crippen molar-refractivity contribution < 1.29 is 0 Å². The lowest BCUT2D eigenvalue weighted by molar-refractivity contribution is 0.477. The second-order valence-electron chi connectivity index (χ2n) is 6.69. The fraction of sp³-hybridized carbons (Fsp3) is 0.273. The van der Waals surface area contributed by atoms with E-state index in [1.807, 2.05) is 36.1 Å². The Kier molecular flexibility index (Phi) is 8.50. The van der Waals surface area contributed by atoms with E-state index < -0.39 is 0 Å². The molecule has 0 aliphatic rings. The number of nitrogens with zero attached hydrogens (tertiary/aromatic N) is 4. The maximum absolute atomic E-state index is 4.45. The molecule has 6 heteroatoms. The van der Waals surface area contributed by atoms with Gasteiger partial charge in [0.1, 0.15) is 0 Å². The summed E-state index contributed by atoms with van der Waals surface area (Å²) in [6, 6.07) is 18.8. The van der Waals surface area contributed by atoms with Crippen LogP contribution >= 0.6 is 24.0 Å². The molecule has 5 nitrogen and oxygen atoms in total. The van der Waals surface area contributed by atoms with Gasteiger partial charge in [0.05, 0.1) is 11.9 Å². The van der Waals surface area contributed by atoms with Crippen molar-refractivity contribution in [3.8, 4) is 5.69 Å². The van der Waals surface area contributed by atoms with E-state index in [1.165, 1.54) is 16.7 Å². The average Bonchev–Trinajstić information content (AvgIpc) is 3.16. The van der Waals surface area contributed by atoms with Gasteiger partial charge in [0.25, 0.3) is 0 Å². The fourth-order valence-electron chi connectivity index (χ4n) is 2.96. The Balaban J connectivity index is 0.00000280. The first-order valence-corrected chi connectivity index (χ1v) is 9.22. The SMILES string of the molecule is CN=C(NCCc1cnn(-c2ccccc2)c1)N(C)Cc1ccc(C)cc1.I. The quantitative estimate of drug-likeness (QED) is 0.323. The third kappa shape index (κ3) is 6.09. The number of aromatic nitrogens is 2. The molecule has 0 spiro atoms. The van der Waals surface area contributed by atoms with Crippen molar-refractivity contribution in [3.05, 3.63) is 83.7 Å². The highest BCUT2D eigenvalue weighted by Gasteiger charge is 2.07. The summed E-state index contributed by atoms with van der Waals surface area (Å²) in [5.41, 5.74) is 4.82. The molecule has 3 aromatic rings. The van der Waals surface area contributed by atoms with E-state index in [4.69, 9.17) is 0 Å². The molecule has 0 radical (unpaired) electrons. The zero-order chi connectivity index (χ0) is 19.1. The number of nitrogens with one attached hydrogen (secondary N) is 1. The Morgan fingerprint density at radius 3 is 2.46 bits per heavy atom. The molecule has 0 saturated carbocycles. The van der Waals surface area contributed by atoms with Crippen LogP contribution in [0.1, 0.15) is 16.7 Å². The van der Waals surface area contributed by atoms with Gasteiger partial charge in [-0.15, -0.1) is 24.0 Å². The lowest BCUT2D eigenvalue weighted by Crippen LogP contribution is -2.39. The molecule has 0 fully saturated rings. The average molecular weight is 489 g/mol. The van der Waals surface area contributed by atoms with E-state index in [0.717, 1.165) is 31.2 Å². The Bertz CT molecular complexity index is 871. The Labute approximate surface area is 184 Å². The van der Waals surface area contributed by atoms with Crippen LogP contribution in [0.3, 0.4) is 0 Å². The molecule has 0 saturated heterocycles. The predicted molar refractivity (Wildman–Crippen MR) is 127 cm³/mol. The number of rotatable bonds is 6. The van der Waals surface area contributed by atoms with Gasteiger partial charge in [-0.2, -0.15) is 5.10 Å². The number of hydrogen-bond donors (Lipinski definition) is 1. The van der Waals surface area contributed by atoms with E-state index >= 15 is 0 Å². The fourth-order valence-corrected chi connectivity index (χ4v) is 2.96. The Hall–Kier alpha value is -2.35. The van der Waals surface area contributed by atoms with Crippen molar-refractivity contribution in [3.63, 3.8) is 0 Å². The van der Waals surface area contributed by atoms with Gasteiger partial charge in [0.15, 0.2) is 5.96 Å². The molecule has 0 amide bonds. The molecular formula is C22H28IN5. The maximum Gasteiger partial charge on any atom is 0.193 e. The second kappa shape index (κ2) is 10.8. The van der Waals surface area contributed by atoms with Crippen molar-refractivity contribution in [2.75, 3.05) is 20.6 Å². The molecule has 28 heavy (non-hydrogen) atoms. The van der Waals surface area contributed by atoms with Crippen LogP contribution < -0.4 is 5.32 Å². The first-order chi connectivity index (χ1) is 13.2. The first-order valence-electron chi connectivity index (χ1n) is 9.22. The van der Waals surface area contributed by atoms with Crippen LogP contribution in [0.2, 0.25) is 0 Å². The van der Waals surface area contributed by atoms with Gasteiger partial charge >= 0.3 is 0 Å². The molecule has 3 rings (SSSR count). The lowest BCUT2D eigenvalue weighted by Gasteiger charge is -2.22. The molecule has 1 N–H and O–H groups in total. The number of benzene rings is 2. The molecule has 2 aromatic carbocycles. The van der Waals surface area contributed by atoms with Crippen molar-refractivity contribution in [1.82, 2.24) is 20.0 Å². The minimum atomic E-state index is 0. The topological polar surface area (TPSA) is 45.5 Å². The number of aliphatic imine (C=N–C) groups is 1. The zero-order valence-corrected chi connectivity index (χ0v) is 19.0. The summed E-state index contributed by atoms with van der Waals surface area (Å²) >= 11 is 0. The molecular weight excluding hydrogens is 461 g/mol. The smallest absolute Gasteiger partial charge is 0.193 e. The Morgan fingerprint density at radius 1 is 1.07 bits per heavy atom. The molecule has 1 heterocycles. The van der Waals surface area contributed by atoms with Gasteiger partial charge in [-0.25, -0.2) is 4.68 Å². The standard InChI is InChI=1S/C22H27N5.HI/c1-18-9-11-19(12-10-18)16-26(3)22(23-2)24-14-13-20-15-25-27(17-20)21-7-5-4-6-8-21;/h4-12,15,17H,13-14,16H2,1-3H3,(H,23,24);1H. The normalized spacial score (nSPS) is 11.0. The predicted octanol–water partition coefficient (Wildman–Crippen LogP) is 4.05. The minimum absolute atomic E-state index is 0. The lowest BCUT2D eigenvalue weighted by atomic mass is 10.1. The van der Waals surface area contributed by atoms with Crippen LogP contribution in [0.4, 0.5) is 0 Å². The van der Waals surface area contributed by atoms with Crippen LogP contribution in [0.5, 0.6) is 0 Å². The van der Waals surface area contributed by atoms with Gasteiger partial charge in [-0.3, -0.25) is 4.99 Å². The summed E-state index contributed by atoms with van der Waals surface area (Å²) in [6.07, 6.45) is 4.90. The molecule has 0 aliphatic carbocycles. The summed E-state index contributed by atoms with van der Waals surface area (Å²) in [5.74, 6) is 0.894. The number of hydrogen-bond acceptors (Lipinski definition) is 2. The van der Waals surface area contributed by atoms with Crippen LogP contribution in [0.15, 0.2) is 72.0 Å².